The SMILES string of the molecule is CC(c1ccc(-n2cncn2)cc1)N(C)C(=O)c1ccc(-n2cccc2)cc1. The van der Waals surface area contributed by atoms with Crippen molar-refractivity contribution in [1.29, 1.82) is 0 Å². The van der Waals surface area contributed by atoms with Crippen molar-refractivity contribution in [3.05, 3.63) is 96.8 Å². The first-order chi connectivity index (χ1) is 13.6. The molecule has 0 spiro atoms. The third kappa shape index (κ3) is 3.44. The monoisotopic (exact) mass is 371 g/mol. The van der Waals surface area contributed by atoms with E-state index in [9.17, 15) is 4.79 Å². The van der Waals surface area contributed by atoms with Crippen LogP contribution in [-0.2, 0) is 0 Å². The average molecular weight is 371 g/mol. The Morgan fingerprint density at radius 1 is 0.964 bits per heavy atom. The molecule has 1 atom stereocenters. The van der Waals surface area contributed by atoms with Crippen molar-refractivity contribution in [2.45, 2.75) is 13.0 Å². The number of carbonyl (C=O) groups is 1. The van der Waals surface area contributed by atoms with Gasteiger partial charge in [0.25, 0.3) is 5.91 Å². The molecule has 2 heterocycles. The molecule has 0 bridgehead atoms. The first kappa shape index (κ1) is 17.7. The molecule has 0 saturated carbocycles. The molecule has 140 valence electrons. The molecule has 0 saturated heterocycles. The summed E-state index contributed by atoms with van der Waals surface area (Å²) in [6, 6.07) is 19.5. The van der Waals surface area contributed by atoms with Gasteiger partial charge in [0, 0.05) is 30.7 Å². The summed E-state index contributed by atoms with van der Waals surface area (Å²) in [7, 11) is 1.83. The van der Waals surface area contributed by atoms with Crippen molar-refractivity contribution < 1.29 is 4.79 Å². The molecular formula is C22H21N5O. The van der Waals surface area contributed by atoms with Crippen molar-refractivity contribution in [2.75, 3.05) is 7.05 Å². The van der Waals surface area contributed by atoms with E-state index >= 15 is 0 Å². The van der Waals surface area contributed by atoms with Crippen molar-refractivity contribution in [3.63, 3.8) is 0 Å². The number of hydrogen-bond acceptors (Lipinski definition) is 3. The summed E-state index contributed by atoms with van der Waals surface area (Å²) in [4.78, 5) is 18.6. The van der Waals surface area contributed by atoms with Crippen LogP contribution in [-0.4, -0.2) is 37.2 Å². The number of benzene rings is 2. The summed E-state index contributed by atoms with van der Waals surface area (Å²) in [6.45, 7) is 2.02. The Bertz CT molecular complexity index is 1040. The van der Waals surface area contributed by atoms with Gasteiger partial charge in [-0.1, -0.05) is 12.1 Å². The van der Waals surface area contributed by atoms with Crippen molar-refractivity contribution in [2.24, 2.45) is 0 Å². The molecule has 1 amide bonds. The first-order valence-electron chi connectivity index (χ1n) is 9.09. The van der Waals surface area contributed by atoms with E-state index in [1.165, 1.54) is 6.33 Å². The Balaban J connectivity index is 1.48. The van der Waals surface area contributed by atoms with Gasteiger partial charge in [0.15, 0.2) is 0 Å². The van der Waals surface area contributed by atoms with E-state index in [-0.39, 0.29) is 11.9 Å². The molecule has 0 aliphatic carbocycles. The lowest BCUT2D eigenvalue weighted by molar-refractivity contribution is 0.0742. The first-order valence-corrected chi connectivity index (χ1v) is 9.09. The Morgan fingerprint density at radius 3 is 2.21 bits per heavy atom. The Hall–Kier alpha value is -3.67. The highest BCUT2D eigenvalue weighted by molar-refractivity contribution is 5.94. The van der Waals surface area contributed by atoms with Crippen molar-refractivity contribution >= 4 is 5.91 Å². The van der Waals surface area contributed by atoms with Gasteiger partial charge in [-0.05, 0) is 61.0 Å². The van der Waals surface area contributed by atoms with E-state index in [1.807, 2.05) is 91.6 Å². The van der Waals surface area contributed by atoms with E-state index in [0.717, 1.165) is 16.9 Å². The van der Waals surface area contributed by atoms with Gasteiger partial charge in [0.2, 0.25) is 0 Å². The fourth-order valence-electron chi connectivity index (χ4n) is 3.13. The highest BCUT2D eigenvalue weighted by atomic mass is 16.2. The zero-order chi connectivity index (χ0) is 19.5. The molecule has 0 fully saturated rings. The van der Waals surface area contributed by atoms with E-state index in [2.05, 4.69) is 10.1 Å². The summed E-state index contributed by atoms with van der Waals surface area (Å²) >= 11 is 0. The maximum Gasteiger partial charge on any atom is 0.254 e. The van der Waals surface area contributed by atoms with Gasteiger partial charge in [-0.3, -0.25) is 4.79 Å². The van der Waals surface area contributed by atoms with Crippen LogP contribution in [0.1, 0.15) is 28.9 Å². The van der Waals surface area contributed by atoms with Crippen LogP contribution in [0.25, 0.3) is 11.4 Å². The minimum absolute atomic E-state index is 0.00749. The van der Waals surface area contributed by atoms with Crippen LogP contribution in [0.3, 0.4) is 0 Å². The number of carbonyl (C=O) groups excluding carboxylic acids is 1. The Morgan fingerprint density at radius 2 is 1.61 bits per heavy atom. The number of rotatable bonds is 5. The average Bonchev–Trinajstić information content (AvgIpc) is 3.47. The molecule has 4 rings (SSSR count). The maximum absolute atomic E-state index is 12.9. The number of nitrogens with zero attached hydrogens (tertiary/aromatic N) is 5. The van der Waals surface area contributed by atoms with E-state index in [4.69, 9.17) is 0 Å². The zero-order valence-corrected chi connectivity index (χ0v) is 15.8. The third-order valence-electron chi connectivity index (χ3n) is 4.98. The van der Waals surface area contributed by atoms with Crippen molar-refractivity contribution in [1.82, 2.24) is 24.2 Å². The van der Waals surface area contributed by atoms with Gasteiger partial charge < -0.3 is 9.47 Å². The van der Waals surface area contributed by atoms with Crippen LogP contribution in [0.4, 0.5) is 0 Å². The molecule has 28 heavy (non-hydrogen) atoms. The Labute approximate surface area is 163 Å². The lowest BCUT2D eigenvalue weighted by Gasteiger charge is -2.25. The van der Waals surface area contributed by atoms with Crippen LogP contribution in [0.15, 0.2) is 85.7 Å². The summed E-state index contributed by atoms with van der Waals surface area (Å²) in [5, 5.41) is 4.13. The maximum atomic E-state index is 12.9. The summed E-state index contributed by atoms with van der Waals surface area (Å²) in [5.74, 6) is -0.00749. The summed E-state index contributed by atoms with van der Waals surface area (Å²) in [5.41, 5.74) is 3.69. The van der Waals surface area contributed by atoms with Crippen molar-refractivity contribution in [3.8, 4) is 11.4 Å². The molecule has 6 heteroatoms. The topological polar surface area (TPSA) is 56.0 Å². The molecule has 1 unspecified atom stereocenters. The molecule has 6 nitrogen and oxygen atoms in total. The van der Waals surface area contributed by atoms with E-state index in [0.29, 0.717) is 5.56 Å². The van der Waals surface area contributed by atoms with Crippen LogP contribution < -0.4 is 0 Å². The molecule has 0 radical (unpaired) electrons. The zero-order valence-electron chi connectivity index (χ0n) is 15.8. The number of aromatic nitrogens is 4. The van der Waals surface area contributed by atoms with Gasteiger partial charge in [0.05, 0.1) is 11.7 Å². The minimum atomic E-state index is -0.0542. The lowest BCUT2D eigenvalue weighted by atomic mass is 10.1. The highest BCUT2D eigenvalue weighted by Crippen LogP contribution is 2.22. The molecule has 0 aliphatic heterocycles. The summed E-state index contributed by atoms with van der Waals surface area (Å²) < 4.78 is 3.72. The Kier molecular flexibility index (Phi) is 4.76. The third-order valence-corrected chi connectivity index (χ3v) is 4.98. The lowest BCUT2D eigenvalue weighted by Crippen LogP contribution is -2.29. The van der Waals surface area contributed by atoms with Gasteiger partial charge in [-0.2, -0.15) is 5.10 Å². The highest BCUT2D eigenvalue weighted by Gasteiger charge is 2.19. The van der Waals surface area contributed by atoms with Crippen LogP contribution >= 0.6 is 0 Å². The summed E-state index contributed by atoms with van der Waals surface area (Å²) in [6.07, 6.45) is 7.12. The van der Waals surface area contributed by atoms with Gasteiger partial charge >= 0.3 is 0 Å². The quantitative estimate of drug-likeness (QED) is 0.535. The molecular weight excluding hydrogens is 350 g/mol. The predicted octanol–water partition coefficient (Wildman–Crippen LogP) is 3.89. The van der Waals surface area contributed by atoms with Crippen LogP contribution in [0.5, 0.6) is 0 Å². The largest absolute Gasteiger partial charge is 0.335 e. The minimum Gasteiger partial charge on any atom is -0.335 e. The van der Waals surface area contributed by atoms with Crippen LogP contribution in [0.2, 0.25) is 0 Å². The van der Waals surface area contributed by atoms with Crippen LogP contribution in [0, 0.1) is 0 Å². The predicted molar refractivity (Wildman–Crippen MR) is 108 cm³/mol. The molecule has 0 aliphatic rings. The second-order valence-corrected chi connectivity index (χ2v) is 6.66. The molecule has 0 N–H and O–H groups in total. The molecule has 2 aromatic heterocycles. The standard InChI is InChI=1S/C22H21N5O/c1-17(18-5-11-21(12-6-18)27-16-23-15-24-27)25(2)22(28)19-7-9-20(10-8-19)26-13-3-4-14-26/h3-17H,1-2H3. The number of amides is 1. The normalized spacial score (nSPS) is 11.9. The smallest absolute Gasteiger partial charge is 0.254 e. The molecule has 2 aromatic carbocycles. The fraction of sp³-hybridized carbons (Fsp3) is 0.136. The van der Waals surface area contributed by atoms with Gasteiger partial charge in [-0.15, -0.1) is 0 Å². The fourth-order valence-corrected chi connectivity index (χ4v) is 3.13. The second-order valence-electron chi connectivity index (χ2n) is 6.66. The van der Waals surface area contributed by atoms with E-state index in [1.54, 1.807) is 15.9 Å². The molecule has 4 aromatic rings. The van der Waals surface area contributed by atoms with E-state index < -0.39 is 0 Å². The van der Waals surface area contributed by atoms with Gasteiger partial charge in [-0.25, -0.2) is 9.67 Å². The number of hydrogen-bond donors (Lipinski definition) is 0. The second kappa shape index (κ2) is 7.52. The van der Waals surface area contributed by atoms with Gasteiger partial charge in [0.1, 0.15) is 12.7 Å².